The highest BCUT2D eigenvalue weighted by atomic mass is 15.2. The first kappa shape index (κ1) is 17.2. The van der Waals surface area contributed by atoms with E-state index in [1.165, 1.54) is 24.8 Å². The van der Waals surface area contributed by atoms with Crippen LogP contribution in [0.5, 0.6) is 0 Å². The van der Waals surface area contributed by atoms with Gasteiger partial charge < -0.3 is 5.32 Å². The van der Waals surface area contributed by atoms with Crippen molar-refractivity contribution in [2.75, 3.05) is 13.6 Å². The van der Waals surface area contributed by atoms with Gasteiger partial charge in [-0.1, -0.05) is 50.6 Å². The van der Waals surface area contributed by atoms with Crippen molar-refractivity contribution in [2.24, 2.45) is 0 Å². The van der Waals surface area contributed by atoms with Gasteiger partial charge in [0.05, 0.1) is 0 Å². The fraction of sp³-hybridized carbons (Fsp3) is 0.667. The molecule has 1 rings (SSSR count). The monoisotopic (exact) mass is 276 g/mol. The van der Waals surface area contributed by atoms with Gasteiger partial charge in [-0.25, -0.2) is 0 Å². The highest BCUT2D eigenvalue weighted by Crippen LogP contribution is 2.22. The second-order valence-corrected chi connectivity index (χ2v) is 5.89. The smallest absolute Gasteiger partial charge is 0.0475 e. The Morgan fingerprint density at radius 1 is 1.05 bits per heavy atom. The Balaban J connectivity index is 2.81. The van der Waals surface area contributed by atoms with Gasteiger partial charge in [0, 0.05) is 18.1 Å². The number of likely N-dealkylation sites (N-methyl/N-ethyl adjacent to an activating group) is 1. The van der Waals surface area contributed by atoms with Crippen LogP contribution in [0.15, 0.2) is 30.3 Å². The molecule has 0 aliphatic carbocycles. The molecule has 20 heavy (non-hydrogen) atoms. The fourth-order valence-electron chi connectivity index (χ4n) is 2.79. The maximum atomic E-state index is 3.72. The molecule has 0 fully saturated rings. The zero-order valence-electron chi connectivity index (χ0n) is 13.9. The first-order valence-electron chi connectivity index (χ1n) is 8.12. The van der Waals surface area contributed by atoms with Gasteiger partial charge in [0.1, 0.15) is 0 Å². The van der Waals surface area contributed by atoms with Crippen LogP contribution in [0.1, 0.15) is 58.6 Å². The van der Waals surface area contributed by atoms with E-state index in [1.54, 1.807) is 0 Å². The molecular formula is C18H32N2. The first-order chi connectivity index (χ1) is 9.61. The van der Waals surface area contributed by atoms with Gasteiger partial charge in [-0.3, -0.25) is 4.90 Å². The summed E-state index contributed by atoms with van der Waals surface area (Å²) >= 11 is 0. The van der Waals surface area contributed by atoms with E-state index in [4.69, 9.17) is 0 Å². The molecule has 0 amide bonds. The second-order valence-electron chi connectivity index (χ2n) is 5.89. The molecule has 0 saturated carbocycles. The van der Waals surface area contributed by atoms with Crippen LogP contribution < -0.4 is 5.32 Å². The van der Waals surface area contributed by atoms with Crippen molar-refractivity contribution < 1.29 is 0 Å². The standard InChI is InChI=1S/C18H32N2/c1-6-11-15(3)20(5)16(4)18(19-14-7-2)17-12-9-8-10-13-17/h8-10,12-13,15-16,18-19H,6-7,11,14H2,1-5H3. The second kappa shape index (κ2) is 9.15. The van der Waals surface area contributed by atoms with Crippen molar-refractivity contribution in [1.82, 2.24) is 10.2 Å². The Labute approximate surface area is 125 Å². The van der Waals surface area contributed by atoms with Crippen LogP contribution in [0.2, 0.25) is 0 Å². The van der Waals surface area contributed by atoms with E-state index in [2.05, 4.69) is 75.3 Å². The lowest BCUT2D eigenvalue weighted by Crippen LogP contribution is -2.45. The van der Waals surface area contributed by atoms with Crippen LogP contribution in [0.3, 0.4) is 0 Å². The summed E-state index contributed by atoms with van der Waals surface area (Å²) in [5.41, 5.74) is 1.39. The van der Waals surface area contributed by atoms with Gasteiger partial charge in [0.25, 0.3) is 0 Å². The van der Waals surface area contributed by atoms with Crippen LogP contribution in [-0.4, -0.2) is 30.6 Å². The number of nitrogens with zero attached hydrogens (tertiary/aromatic N) is 1. The molecule has 0 aromatic heterocycles. The number of hydrogen-bond acceptors (Lipinski definition) is 2. The lowest BCUT2D eigenvalue weighted by molar-refractivity contribution is 0.151. The Morgan fingerprint density at radius 3 is 2.25 bits per heavy atom. The highest BCUT2D eigenvalue weighted by Gasteiger charge is 2.24. The fourth-order valence-corrected chi connectivity index (χ4v) is 2.79. The molecule has 0 saturated heterocycles. The quantitative estimate of drug-likeness (QED) is 0.726. The topological polar surface area (TPSA) is 15.3 Å². The van der Waals surface area contributed by atoms with Crippen LogP contribution in [-0.2, 0) is 0 Å². The molecular weight excluding hydrogens is 244 g/mol. The maximum Gasteiger partial charge on any atom is 0.0475 e. The summed E-state index contributed by atoms with van der Waals surface area (Å²) < 4.78 is 0. The SMILES string of the molecule is CCCNC(c1ccccc1)C(C)N(C)C(C)CCC. The number of rotatable bonds is 9. The summed E-state index contributed by atoms with van der Waals surface area (Å²) in [5.74, 6) is 0. The van der Waals surface area contributed by atoms with Gasteiger partial charge >= 0.3 is 0 Å². The molecule has 0 spiro atoms. The molecule has 0 aliphatic rings. The van der Waals surface area contributed by atoms with Crippen molar-refractivity contribution in [3.05, 3.63) is 35.9 Å². The summed E-state index contributed by atoms with van der Waals surface area (Å²) in [6.45, 7) is 10.2. The summed E-state index contributed by atoms with van der Waals surface area (Å²) in [6, 6.07) is 12.4. The number of benzene rings is 1. The van der Waals surface area contributed by atoms with E-state index in [9.17, 15) is 0 Å². The molecule has 114 valence electrons. The molecule has 1 aromatic carbocycles. The summed E-state index contributed by atoms with van der Waals surface area (Å²) in [4.78, 5) is 2.52. The Morgan fingerprint density at radius 2 is 1.70 bits per heavy atom. The van der Waals surface area contributed by atoms with Gasteiger partial charge in [-0.2, -0.15) is 0 Å². The molecule has 1 aromatic rings. The Bertz CT molecular complexity index is 350. The minimum Gasteiger partial charge on any atom is -0.309 e. The molecule has 0 bridgehead atoms. The Kier molecular flexibility index (Phi) is 7.86. The average Bonchev–Trinajstić information content (AvgIpc) is 2.48. The third-order valence-corrected chi connectivity index (χ3v) is 4.30. The summed E-state index contributed by atoms with van der Waals surface area (Å²) in [6.07, 6.45) is 3.68. The van der Waals surface area contributed by atoms with Crippen molar-refractivity contribution in [3.8, 4) is 0 Å². The molecule has 3 atom stereocenters. The normalized spacial score (nSPS) is 16.1. The van der Waals surface area contributed by atoms with Gasteiger partial charge in [0.2, 0.25) is 0 Å². The molecule has 2 nitrogen and oxygen atoms in total. The molecule has 1 N–H and O–H groups in total. The lowest BCUT2D eigenvalue weighted by Gasteiger charge is -2.36. The molecule has 0 heterocycles. The van der Waals surface area contributed by atoms with Crippen molar-refractivity contribution in [1.29, 1.82) is 0 Å². The molecule has 3 unspecified atom stereocenters. The lowest BCUT2D eigenvalue weighted by atomic mass is 9.97. The van der Waals surface area contributed by atoms with E-state index in [-0.39, 0.29) is 0 Å². The predicted molar refractivity (Wildman–Crippen MR) is 89.1 cm³/mol. The van der Waals surface area contributed by atoms with Gasteiger partial charge in [-0.05, 0) is 45.8 Å². The zero-order valence-corrected chi connectivity index (χ0v) is 13.9. The number of hydrogen-bond donors (Lipinski definition) is 1. The average molecular weight is 276 g/mol. The molecule has 0 radical (unpaired) electrons. The van der Waals surface area contributed by atoms with E-state index in [0.29, 0.717) is 18.1 Å². The third kappa shape index (κ3) is 4.92. The third-order valence-electron chi connectivity index (χ3n) is 4.30. The van der Waals surface area contributed by atoms with Crippen LogP contribution >= 0.6 is 0 Å². The maximum absolute atomic E-state index is 3.72. The van der Waals surface area contributed by atoms with Crippen molar-refractivity contribution in [2.45, 2.75) is 65.1 Å². The van der Waals surface area contributed by atoms with E-state index in [0.717, 1.165) is 6.54 Å². The van der Waals surface area contributed by atoms with Crippen LogP contribution in [0.4, 0.5) is 0 Å². The van der Waals surface area contributed by atoms with E-state index in [1.807, 2.05) is 0 Å². The highest BCUT2D eigenvalue weighted by molar-refractivity contribution is 5.20. The van der Waals surface area contributed by atoms with Crippen molar-refractivity contribution in [3.63, 3.8) is 0 Å². The summed E-state index contributed by atoms with van der Waals surface area (Å²) in [5, 5.41) is 3.72. The largest absolute Gasteiger partial charge is 0.309 e. The molecule has 2 heteroatoms. The van der Waals surface area contributed by atoms with Crippen LogP contribution in [0.25, 0.3) is 0 Å². The minimum atomic E-state index is 0.403. The zero-order chi connectivity index (χ0) is 15.0. The summed E-state index contributed by atoms with van der Waals surface area (Å²) in [7, 11) is 2.26. The van der Waals surface area contributed by atoms with Gasteiger partial charge in [0.15, 0.2) is 0 Å². The van der Waals surface area contributed by atoms with Crippen molar-refractivity contribution >= 4 is 0 Å². The predicted octanol–water partition coefficient (Wildman–Crippen LogP) is 4.24. The van der Waals surface area contributed by atoms with E-state index >= 15 is 0 Å². The number of nitrogens with one attached hydrogen (secondary N) is 1. The first-order valence-corrected chi connectivity index (χ1v) is 8.12. The van der Waals surface area contributed by atoms with Gasteiger partial charge in [-0.15, -0.1) is 0 Å². The minimum absolute atomic E-state index is 0.403. The Hall–Kier alpha value is -0.860. The van der Waals surface area contributed by atoms with Crippen LogP contribution in [0, 0.1) is 0 Å². The van der Waals surface area contributed by atoms with E-state index < -0.39 is 0 Å². The molecule has 0 aliphatic heterocycles.